The van der Waals surface area contributed by atoms with Gasteiger partial charge in [-0.1, -0.05) is 29.3 Å². The van der Waals surface area contributed by atoms with Crippen molar-refractivity contribution < 1.29 is 9.00 Å². The summed E-state index contributed by atoms with van der Waals surface area (Å²) in [4.78, 5) is 11.6. The molecular formula is C14H12Cl2N2O2S. The van der Waals surface area contributed by atoms with Crippen molar-refractivity contribution in [3.8, 4) is 0 Å². The highest BCUT2D eigenvalue weighted by Crippen LogP contribution is 2.25. The molecule has 2 aromatic rings. The zero-order chi connectivity index (χ0) is 15.6. The lowest BCUT2D eigenvalue weighted by Gasteiger charge is -2.07. The van der Waals surface area contributed by atoms with Gasteiger partial charge in [-0.2, -0.15) is 0 Å². The maximum Gasteiger partial charge on any atom is 0.248 e. The summed E-state index contributed by atoms with van der Waals surface area (Å²) in [5.41, 5.74) is 12.2. The van der Waals surface area contributed by atoms with Crippen LogP contribution in [0.15, 0.2) is 41.3 Å². The molecule has 0 spiro atoms. The van der Waals surface area contributed by atoms with Gasteiger partial charge in [0.25, 0.3) is 0 Å². The van der Waals surface area contributed by atoms with E-state index in [1.807, 2.05) is 0 Å². The SMILES string of the molecule is NC(=O)c1ccc(CS(=O)c2ccc(N)c(Cl)c2)c(Cl)c1. The second kappa shape index (κ2) is 6.47. The fourth-order valence-electron chi connectivity index (χ4n) is 1.69. The highest BCUT2D eigenvalue weighted by atomic mass is 35.5. The van der Waals surface area contributed by atoms with Crippen molar-refractivity contribution >= 4 is 45.6 Å². The van der Waals surface area contributed by atoms with Crippen molar-refractivity contribution in [1.82, 2.24) is 0 Å². The second-order valence-electron chi connectivity index (χ2n) is 4.34. The van der Waals surface area contributed by atoms with Gasteiger partial charge < -0.3 is 11.5 Å². The second-order valence-corrected chi connectivity index (χ2v) is 6.61. The van der Waals surface area contributed by atoms with Crippen molar-refractivity contribution in [2.45, 2.75) is 10.6 Å². The van der Waals surface area contributed by atoms with Crippen LogP contribution in [0.4, 0.5) is 5.69 Å². The van der Waals surface area contributed by atoms with E-state index >= 15 is 0 Å². The van der Waals surface area contributed by atoms with Crippen LogP contribution in [0, 0.1) is 0 Å². The Labute approximate surface area is 134 Å². The summed E-state index contributed by atoms with van der Waals surface area (Å²) in [7, 11) is -1.32. The van der Waals surface area contributed by atoms with Crippen molar-refractivity contribution in [1.29, 1.82) is 0 Å². The van der Waals surface area contributed by atoms with Gasteiger partial charge in [-0.25, -0.2) is 0 Å². The molecule has 4 nitrogen and oxygen atoms in total. The first-order chi connectivity index (χ1) is 9.88. The van der Waals surface area contributed by atoms with Gasteiger partial charge in [0.1, 0.15) is 0 Å². The van der Waals surface area contributed by atoms with Gasteiger partial charge in [0.05, 0.1) is 27.3 Å². The number of halogens is 2. The molecule has 0 bridgehead atoms. The minimum Gasteiger partial charge on any atom is -0.398 e. The maximum absolute atomic E-state index is 12.3. The zero-order valence-corrected chi connectivity index (χ0v) is 13.1. The monoisotopic (exact) mass is 342 g/mol. The van der Waals surface area contributed by atoms with Crippen LogP contribution < -0.4 is 11.5 Å². The quantitative estimate of drug-likeness (QED) is 0.837. The lowest BCUT2D eigenvalue weighted by atomic mass is 10.1. The third kappa shape index (κ3) is 3.75. The Morgan fingerprint density at radius 2 is 1.81 bits per heavy atom. The van der Waals surface area contributed by atoms with E-state index in [0.717, 1.165) is 0 Å². The number of hydrogen-bond donors (Lipinski definition) is 2. The van der Waals surface area contributed by atoms with Gasteiger partial charge in [-0.15, -0.1) is 0 Å². The van der Waals surface area contributed by atoms with Crippen molar-refractivity contribution in [2.75, 3.05) is 5.73 Å². The van der Waals surface area contributed by atoms with E-state index in [-0.39, 0.29) is 5.75 Å². The average Bonchev–Trinajstić information content (AvgIpc) is 2.43. The van der Waals surface area contributed by atoms with Crippen LogP contribution in [0.5, 0.6) is 0 Å². The molecule has 1 atom stereocenters. The summed E-state index contributed by atoms with van der Waals surface area (Å²) in [6.45, 7) is 0. The molecule has 0 aromatic heterocycles. The summed E-state index contributed by atoms with van der Waals surface area (Å²) >= 11 is 12.0. The van der Waals surface area contributed by atoms with E-state index in [1.54, 1.807) is 30.3 Å². The summed E-state index contributed by atoms with van der Waals surface area (Å²) in [5, 5.41) is 0.706. The molecule has 0 saturated carbocycles. The standard InChI is InChI=1S/C14H12Cl2N2O2S/c15-11-5-8(14(18)19)1-2-9(11)7-21(20)10-3-4-13(17)12(16)6-10/h1-6H,7,17H2,(H2,18,19). The van der Waals surface area contributed by atoms with E-state index in [4.69, 9.17) is 34.7 Å². The van der Waals surface area contributed by atoms with E-state index in [0.29, 0.717) is 31.8 Å². The third-order valence-electron chi connectivity index (χ3n) is 2.86. The van der Waals surface area contributed by atoms with E-state index in [2.05, 4.69) is 0 Å². The molecule has 1 unspecified atom stereocenters. The predicted octanol–water partition coefficient (Wildman–Crippen LogP) is 2.98. The molecule has 0 heterocycles. The fraction of sp³-hybridized carbons (Fsp3) is 0.0714. The Hall–Kier alpha value is -1.56. The Balaban J connectivity index is 2.23. The molecule has 0 aliphatic heterocycles. The first kappa shape index (κ1) is 15.8. The molecule has 2 aromatic carbocycles. The summed E-state index contributed by atoms with van der Waals surface area (Å²) in [5.74, 6) is -0.354. The Morgan fingerprint density at radius 3 is 2.38 bits per heavy atom. The number of carbonyl (C=O) groups is 1. The smallest absolute Gasteiger partial charge is 0.248 e. The lowest BCUT2D eigenvalue weighted by molar-refractivity contribution is 0.100. The number of nitrogens with two attached hydrogens (primary N) is 2. The maximum atomic E-state index is 12.3. The molecule has 0 fully saturated rings. The first-order valence-electron chi connectivity index (χ1n) is 5.90. The number of hydrogen-bond acceptors (Lipinski definition) is 3. The van der Waals surface area contributed by atoms with Crippen LogP contribution in [-0.2, 0) is 16.6 Å². The van der Waals surface area contributed by atoms with Crippen molar-refractivity contribution in [3.05, 3.63) is 57.6 Å². The Kier molecular flexibility index (Phi) is 4.88. The summed E-state index contributed by atoms with van der Waals surface area (Å²) in [6.07, 6.45) is 0. The minimum absolute atomic E-state index is 0.206. The molecule has 0 radical (unpaired) electrons. The van der Waals surface area contributed by atoms with Gasteiger partial charge >= 0.3 is 0 Å². The van der Waals surface area contributed by atoms with Crippen LogP contribution in [-0.4, -0.2) is 10.1 Å². The van der Waals surface area contributed by atoms with Gasteiger partial charge in [-0.05, 0) is 35.9 Å². The molecule has 2 rings (SSSR count). The highest BCUT2D eigenvalue weighted by molar-refractivity contribution is 7.84. The van der Waals surface area contributed by atoms with E-state index < -0.39 is 16.7 Å². The van der Waals surface area contributed by atoms with Crippen LogP contribution >= 0.6 is 23.2 Å². The molecule has 0 aliphatic carbocycles. The number of anilines is 1. The largest absolute Gasteiger partial charge is 0.398 e. The van der Waals surface area contributed by atoms with Gasteiger partial charge in [0.15, 0.2) is 0 Å². The molecule has 1 amide bonds. The molecule has 0 saturated heterocycles. The molecular weight excluding hydrogens is 331 g/mol. The van der Waals surface area contributed by atoms with Gasteiger partial charge in [0.2, 0.25) is 5.91 Å². The molecule has 0 aliphatic rings. The normalized spacial score (nSPS) is 12.1. The molecule has 21 heavy (non-hydrogen) atoms. The topological polar surface area (TPSA) is 86.2 Å². The molecule has 4 N–H and O–H groups in total. The number of rotatable bonds is 4. The predicted molar refractivity (Wildman–Crippen MR) is 85.9 cm³/mol. The Morgan fingerprint density at radius 1 is 1.10 bits per heavy atom. The van der Waals surface area contributed by atoms with Crippen LogP contribution in [0.1, 0.15) is 15.9 Å². The number of primary amides is 1. The fourth-order valence-corrected chi connectivity index (χ4v) is 3.43. The lowest BCUT2D eigenvalue weighted by Crippen LogP contribution is -2.11. The van der Waals surface area contributed by atoms with E-state index in [9.17, 15) is 9.00 Å². The number of amides is 1. The summed E-state index contributed by atoms with van der Waals surface area (Å²) in [6, 6.07) is 9.48. The van der Waals surface area contributed by atoms with Gasteiger partial charge in [0, 0.05) is 15.5 Å². The number of benzene rings is 2. The van der Waals surface area contributed by atoms with Crippen LogP contribution in [0.25, 0.3) is 0 Å². The Bertz CT molecular complexity index is 735. The van der Waals surface area contributed by atoms with Crippen molar-refractivity contribution in [2.24, 2.45) is 5.73 Å². The third-order valence-corrected chi connectivity index (χ3v) is 4.89. The summed E-state index contributed by atoms with van der Waals surface area (Å²) < 4.78 is 12.3. The van der Waals surface area contributed by atoms with E-state index in [1.165, 1.54) is 6.07 Å². The highest BCUT2D eigenvalue weighted by Gasteiger charge is 2.11. The average molecular weight is 343 g/mol. The van der Waals surface area contributed by atoms with Crippen LogP contribution in [0.2, 0.25) is 10.0 Å². The number of nitrogen functional groups attached to an aromatic ring is 1. The van der Waals surface area contributed by atoms with Crippen molar-refractivity contribution in [3.63, 3.8) is 0 Å². The number of carbonyl (C=O) groups excluding carboxylic acids is 1. The minimum atomic E-state index is -1.32. The zero-order valence-electron chi connectivity index (χ0n) is 10.8. The molecule has 7 heteroatoms. The molecule has 110 valence electrons. The van der Waals surface area contributed by atoms with Gasteiger partial charge in [-0.3, -0.25) is 9.00 Å². The first-order valence-corrected chi connectivity index (χ1v) is 7.97. The van der Waals surface area contributed by atoms with Crippen LogP contribution in [0.3, 0.4) is 0 Å².